The average Bonchev–Trinajstić information content (AvgIpc) is 3.19. The van der Waals surface area contributed by atoms with Crippen LogP contribution in [0.4, 0.5) is 9.93 Å². The number of carbonyl (C=O) groups is 1. The molecule has 8 heteroatoms. The van der Waals surface area contributed by atoms with E-state index in [9.17, 15) is 4.79 Å². The minimum atomic E-state index is -0.0769. The van der Waals surface area contributed by atoms with Gasteiger partial charge in [-0.3, -0.25) is 5.32 Å². The number of hydrogen-bond donors (Lipinski definition) is 1. The third-order valence-corrected chi connectivity index (χ3v) is 5.82. The molecule has 1 aliphatic carbocycles. The highest BCUT2D eigenvalue weighted by Gasteiger charge is 2.43. The number of rotatable bonds is 4. The Morgan fingerprint density at radius 1 is 1.39 bits per heavy atom. The largest absolute Gasteiger partial charge is 0.466 e. The fourth-order valence-corrected chi connectivity index (χ4v) is 4.23. The third-order valence-electron chi connectivity index (χ3n) is 5.21. The van der Waals surface area contributed by atoms with E-state index in [2.05, 4.69) is 40.5 Å². The summed E-state index contributed by atoms with van der Waals surface area (Å²) in [5.74, 6) is 1.24. The molecule has 1 N–H and O–H groups in total. The molecule has 23 heavy (non-hydrogen) atoms. The Hall–Kier alpha value is -1.41. The van der Waals surface area contributed by atoms with E-state index in [1.807, 2.05) is 4.90 Å². The van der Waals surface area contributed by atoms with Gasteiger partial charge in [-0.1, -0.05) is 0 Å². The summed E-state index contributed by atoms with van der Waals surface area (Å²) in [7, 11) is 3.73. The number of aromatic nitrogens is 2. The van der Waals surface area contributed by atoms with Gasteiger partial charge in [0.1, 0.15) is 0 Å². The summed E-state index contributed by atoms with van der Waals surface area (Å²) in [6, 6.07) is 1.45. The van der Waals surface area contributed by atoms with Crippen molar-refractivity contribution in [3.63, 3.8) is 0 Å². The molecule has 0 bridgehead atoms. The highest BCUT2D eigenvalue weighted by molar-refractivity contribution is 7.10. The second kappa shape index (κ2) is 6.60. The predicted molar refractivity (Wildman–Crippen MR) is 90.0 cm³/mol. The van der Waals surface area contributed by atoms with Crippen LogP contribution in [0.1, 0.15) is 26.7 Å². The molecule has 0 aromatic carbocycles. The van der Waals surface area contributed by atoms with Gasteiger partial charge in [0.25, 0.3) is 0 Å². The zero-order valence-corrected chi connectivity index (χ0v) is 15.0. The average molecular weight is 339 g/mol. The first-order chi connectivity index (χ1) is 11.0. The molecule has 1 aliphatic heterocycles. The number of amides is 2. The number of methoxy groups -OCH3 is 1. The monoisotopic (exact) mass is 339 g/mol. The van der Waals surface area contributed by atoms with E-state index >= 15 is 0 Å². The molecule has 1 saturated heterocycles. The Balaban J connectivity index is 1.52. The lowest BCUT2D eigenvalue weighted by Crippen LogP contribution is -2.38. The number of ether oxygens (including phenoxy) is 1. The summed E-state index contributed by atoms with van der Waals surface area (Å²) in [6.45, 7) is 6.16. The maximum absolute atomic E-state index is 12.4. The van der Waals surface area contributed by atoms with E-state index in [1.54, 1.807) is 0 Å². The van der Waals surface area contributed by atoms with Gasteiger partial charge in [0.15, 0.2) is 0 Å². The molecule has 1 aromatic heterocycles. The van der Waals surface area contributed by atoms with Crippen molar-refractivity contribution < 1.29 is 9.53 Å². The molecule has 2 aliphatic rings. The van der Waals surface area contributed by atoms with Crippen LogP contribution in [0.3, 0.4) is 0 Å². The van der Waals surface area contributed by atoms with Gasteiger partial charge < -0.3 is 14.5 Å². The van der Waals surface area contributed by atoms with Gasteiger partial charge in [0.2, 0.25) is 5.13 Å². The van der Waals surface area contributed by atoms with Crippen LogP contribution in [-0.4, -0.2) is 64.5 Å². The first-order valence-corrected chi connectivity index (χ1v) is 8.90. The van der Waals surface area contributed by atoms with Crippen molar-refractivity contribution >= 4 is 22.7 Å². The molecule has 3 rings (SSSR count). The van der Waals surface area contributed by atoms with Crippen LogP contribution in [0.5, 0.6) is 6.01 Å². The Kier molecular flexibility index (Phi) is 4.72. The normalized spacial score (nSPS) is 26.9. The molecule has 0 radical (unpaired) electrons. The standard InChI is InChI=1S/C15H25N5O2S/c1-9(2)19(3)12-5-10-7-20(8-11(10)6-12)15(21)17-14-16-13(22-4)18-23-14/h9-12H,5-8H2,1-4H3,(H,16,17,18,21)/t10-,11+,12?. The highest BCUT2D eigenvalue weighted by Crippen LogP contribution is 2.40. The maximum atomic E-state index is 12.4. The van der Waals surface area contributed by atoms with Crippen LogP contribution < -0.4 is 10.1 Å². The Morgan fingerprint density at radius 3 is 2.57 bits per heavy atom. The highest BCUT2D eigenvalue weighted by atomic mass is 32.1. The van der Waals surface area contributed by atoms with Gasteiger partial charge in [-0.2, -0.15) is 4.98 Å². The Bertz CT molecular complexity index is 550. The number of fused-ring (bicyclic) bond motifs is 1. The minimum Gasteiger partial charge on any atom is -0.466 e. The first kappa shape index (κ1) is 16.4. The smallest absolute Gasteiger partial charge is 0.329 e. The summed E-state index contributed by atoms with van der Waals surface area (Å²) in [5.41, 5.74) is 0. The Labute approximate surface area is 141 Å². The van der Waals surface area contributed by atoms with Gasteiger partial charge in [-0.25, -0.2) is 4.79 Å². The summed E-state index contributed by atoms with van der Waals surface area (Å²) < 4.78 is 8.92. The minimum absolute atomic E-state index is 0.0769. The second-order valence-corrected chi connectivity index (χ2v) is 7.58. The fraction of sp³-hybridized carbons (Fsp3) is 0.800. The molecule has 2 amide bonds. The summed E-state index contributed by atoms with van der Waals surface area (Å²) in [5, 5.41) is 3.31. The molecule has 1 aromatic rings. The van der Waals surface area contributed by atoms with E-state index in [1.165, 1.54) is 20.0 Å². The molecule has 128 valence electrons. The van der Waals surface area contributed by atoms with Crippen molar-refractivity contribution in [3.8, 4) is 6.01 Å². The van der Waals surface area contributed by atoms with Gasteiger partial charge in [0.05, 0.1) is 7.11 Å². The van der Waals surface area contributed by atoms with E-state index in [0.29, 0.717) is 35.1 Å². The number of anilines is 1. The lowest BCUT2D eigenvalue weighted by Gasteiger charge is -2.29. The fourth-order valence-electron chi connectivity index (χ4n) is 3.70. The third kappa shape index (κ3) is 3.42. The zero-order chi connectivity index (χ0) is 16.6. The van der Waals surface area contributed by atoms with E-state index in [-0.39, 0.29) is 6.03 Å². The van der Waals surface area contributed by atoms with Gasteiger partial charge >= 0.3 is 12.0 Å². The van der Waals surface area contributed by atoms with Gasteiger partial charge in [-0.05, 0) is 45.6 Å². The molecule has 1 saturated carbocycles. The lowest BCUT2D eigenvalue weighted by atomic mass is 10.0. The number of carbonyl (C=O) groups excluding carboxylic acids is 1. The van der Waals surface area contributed by atoms with Crippen LogP contribution in [0.15, 0.2) is 0 Å². The Morgan fingerprint density at radius 2 is 2.04 bits per heavy atom. The van der Waals surface area contributed by atoms with Crippen LogP contribution in [0, 0.1) is 11.8 Å². The quantitative estimate of drug-likeness (QED) is 0.910. The second-order valence-electron chi connectivity index (χ2n) is 6.83. The van der Waals surface area contributed by atoms with Crippen molar-refractivity contribution in [1.82, 2.24) is 19.2 Å². The van der Waals surface area contributed by atoms with Crippen molar-refractivity contribution in [2.75, 3.05) is 32.6 Å². The summed E-state index contributed by atoms with van der Waals surface area (Å²) in [4.78, 5) is 20.8. The van der Waals surface area contributed by atoms with Crippen molar-refractivity contribution in [2.45, 2.75) is 38.8 Å². The molecular weight excluding hydrogens is 314 g/mol. The number of hydrogen-bond acceptors (Lipinski definition) is 6. The molecule has 2 heterocycles. The van der Waals surface area contributed by atoms with Crippen molar-refractivity contribution in [3.05, 3.63) is 0 Å². The summed E-state index contributed by atoms with van der Waals surface area (Å²) >= 11 is 1.14. The molecule has 7 nitrogen and oxygen atoms in total. The van der Waals surface area contributed by atoms with Gasteiger partial charge in [0, 0.05) is 36.7 Å². The lowest BCUT2D eigenvalue weighted by molar-refractivity contribution is 0.180. The van der Waals surface area contributed by atoms with Crippen LogP contribution in [0.2, 0.25) is 0 Å². The molecule has 2 fully saturated rings. The van der Waals surface area contributed by atoms with Crippen molar-refractivity contribution in [1.29, 1.82) is 0 Å². The van der Waals surface area contributed by atoms with E-state index in [4.69, 9.17) is 4.74 Å². The number of likely N-dealkylation sites (tertiary alicyclic amines) is 1. The van der Waals surface area contributed by atoms with Crippen molar-refractivity contribution in [2.24, 2.45) is 11.8 Å². The molecule has 1 unspecified atom stereocenters. The number of urea groups is 1. The molecule has 3 atom stereocenters. The van der Waals surface area contributed by atoms with Gasteiger partial charge in [-0.15, -0.1) is 4.37 Å². The van der Waals surface area contributed by atoms with E-state index in [0.717, 1.165) is 24.6 Å². The zero-order valence-electron chi connectivity index (χ0n) is 14.2. The van der Waals surface area contributed by atoms with Crippen LogP contribution >= 0.6 is 11.5 Å². The number of nitrogens with one attached hydrogen (secondary N) is 1. The predicted octanol–water partition coefficient (Wildman–Crippen LogP) is 2.13. The van der Waals surface area contributed by atoms with Crippen LogP contribution in [0.25, 0.3) is 0 Å². The topological polar surface area (TPSA) is 70.6 Å². The first-order valence-electron chi connectivity index (χ1n) is 8.13. The van der Waals surface area contributed by atoms with Crippen LogP contribution in [-0.2, 0) is 0 Å². The number of nitrogens with zero attached hydrogens (tertiary/aromatic N) is 4. The summed E-state index contributed by atoms with van der Waals surface area (Å²) in [6.07, 6.45) is 2.38. The molecular formula is C15H25N5O2S. The SMILES string of the molecule is COc1nsc(NC(=O)N2C[C@H]3CC(N(C)C(C)C)C[C@H]3C2)n1. The maximum Gasteiger partial charge on any atom is 0.329 e. The van der Waals surface area contributed by atoms with E-state index < -0.39 is 0 Å². The molecule has 0 spiro atoms.